The maximum atomic E-state index is 12.1. The molecular formula is C30H28Cl2N8O4S2. The lowest BCUT2D eigenvalue weighted by atomic mass is 9.91. The first-order valence-corrected chi connectivity index (χ1v) is 16.5. The second kappa shape index (κ2) is 12.7. The van der Waals surface area contributed by atoms with Crippen molar-refractivity contribution in [3.63, 3.8) is 0 Å². The first-order valence-electron chi connectivity index (χ1n) is 14.1. The quantitative estimate of drug-likeness (QED) is 0.204. The molecule has 0 saturated heterocycles. The van der Waals surface area contributed by atoms with Crippen molar-refractivity contribution in [2.45, 2.75) is 24.9 Å². The van der Waals surface area contributed by atoms with Gasteiger partial charge < -0.3 is 22.9 Å². The van der Waals surface area contributed by atoms with Crippen LogP contribution in [0.3, 0.4) is 0 Å². The summed E-state index contributed by atoms with van der Waals surface area (Å²) >= 11 is 16.7. The largest absolute Gasteiger partial charge is 0.369 e. The molecule has 0 fully saturated rings. The molecule has 4 aromatic rings. The lowest BCUT2D eigenvalue weighted by Crippen LogP contribution is -2.41. The molecule has 16 heteroatoms. The molecule has 6 rings (SSSR count). The number of halogens is 2. The molecule has 0 saturated carbocycles. The Labute approximate surface area is 281 Å². The number of nitrogens with two attached hydrogens (primary N) is 4. The van der Waals surface area contributed by atoms with Gasteiger partial charge in [-0.3, -0.25) is 29.0 Å². The van der Waals surface area contributed by atoms with E-state index in [1.807, 2.05) is 46.2 Å². The highest BCUT2D eigenvalue weighted by atomic mass is 35.5. The monoisotopic (exact) mass is 698 g/mol. The second-order valence-corrected chi connectivity index (χ2v) is 13.8. The first-order chi connectivity index (χ1) is 21.9. The number of fused-ring (bicyclic) bond motifs is 2. The fraction of sp³-hybridized carbons (Fsp3) is 0.267. The average molecular weight is 700 g/mol. The third-order valence-electron chi connectivity index (χ3n) is 8.03. The Morgan fingerprint density at radius 3 is 1.43 bits per heavy atom. The molecule has 0 radical (unpaired) electrons. The number of hydrogen-bond donors (Lipinski definition) is 4. The minimum absolute atomic E-state index is 0.0352. The summed E-state index contributed by atoms with van der Waals surface area (Å²) in [5, 5.41) is 1.12. The maximum absolute atomic E-state index is 12.1. The number of amides is 4. The van der Waals surface area contributed by atoms with Gasteiger partial charge in [0.05, 0.1) is 56.4 Å². The van der Waals surface area contributed by atoms with Crippen molar-refractivity contribution in [2.24, 2.45) is 22.9 Å². The molecular weight excluding hydrogens is 671 g/mol. The molecule has 2 atom stereocenters. The zero-order valence-corrected chi connectivity index (χ0v) is 27.3. The van der Waals surface area contributed by atoms with Crippen LogP contribution in [0.1, 0.15) is 64.0 Å². The van der Waals surface area contributed by atoms with Crippen LogP contribution in [-0.4, -0.2) is 69.6 Å². The van der Waals surface area contributed by atoms with Gasteiger partial charge in [-0.25, -0.2) is 9.97 Å². The lowest BCUT2D eigenvalue weighted by Gasteiger charge is -2.35. The van der Waals surface area contributed by atoms with E-state index in [-0.39, 0.29) is 23.1 Å². The van der Waals surface area contributed by atoms with Gasteiger partial charge in [-0.1, -0.05) is 59.6 Å². The highest BCUT2D eigenvalue weighted by Crippen LogP contribution is 2.47. The molecule has 8 N–H and O–H groups in total. The van der Waals surface area contributed by atoms with E-state index >= 15 is 0 Å². The molecule has 0 bridgehead atoms. The zero-order valence-electron chi connectivity index (χ0n) is 24.2. The number of rotatable bonds is 9. The molecule has 0 spiro atoms. The van der Waals surface area contributed by atoms with Crippen molar-refractivity contribution in [1.29, 1.82) is 0 Å². The van der Waals surface area contributed by atoms with Crippen LogP contribution in [0.15, 0.2) is 36.4 Å². The molecule has 238 valence electrons. The van der Waals surface area contributed by atoms with E-state index in [0.29, 0.717) is 69.6 Å². The maximum Gasteiger partial charge on any atom is 0.277 e. The van der Waals surface area contributed by atoms with Crippen LogP contribution in [0.4, 0.5) is 0 Å². The van der Waals surface area contributed by atoms with Gasteiger partial charge in [0.1, 0.15) is 0 Å². The SMILES string of the molecule is NC(=O)CN1CCc2nc(C(N)=O)sc2C1c1cccc(-c2cccc(C3c4sc(C(N)=O)nc4CCN3CC(N)=O)c2Cl)c1Cl. The van der Waals surface area contributed by atoms with E-state index in [0.717, 1.165) is 9.75 Å². The molecule has 2 aromatic heterocycles. The van der Waals surface area contributed by atoms with Crippen LogP contribution in [-0.2, 0) is 22.4 Å². The van der Waals surface area contributed by atoms with E-state index in [1.165, 1.54) is 22.7 Å². The van der Waals surface area contributed by atoms with Crippen LogP contribution in [0.25, 0.3) is 11.1 Å². The molecule has 2 aromatic carbocycles. The highest BCUT2D eigenvalue weighted by Gasteiger charge is 2.37. The topological polar surface area (TPSA) is 205 Å². The highest BCUT2D eigenvalue weighted by molar-refractivity contribution is 7.14. The molecule has 12 nitrogen and oxygen atoms in total. The number of nitrogens with zero attached hydrogens (tertiary/aromatic N) is 4. The Bertz CT molecular complexity index is 1780. The number of carbonyl (C=O) groups excluding carboxylic acids is 4. The van der Waals surface area contributed by atoms with Gasteiger partial charge in [0.2, 0.25) is 11.8 Å². The Morgan fingerprint density at radius 2 is 1.09 bits per heavy atom. The van der Waals surface area contributed by atoms with Gasteiger partial charge in [0.25, 0.3) is 11.8 Å². The Kier molecular flexibility index (Phi) is 8.85. The number of thiazole rings is 2. The summed E-state index contributed by atoms with van der Waals surface area (Å²) in [7, 11) is 0. The minimum atomic E-state index is -0.636. The van der Waals surface area contributed by atoms with Crippen molar-refractivity contribution in [3.8, 4) is 11.1 Å². The number of primary amides is 4. The van der Waals surface area contributed by atoms with Gasteiger partial charge in [-0.2, -0.15) is 0 Å². The molecule has 46 heavy (non-hydrogen) atoms. The summed E-state index contributed by atoms with van der Waals surface area (Å²) in [5.74, 6) is -2.29. The molecule has 4 amide bonds. The number of benzene rings is 2. The van der Waals surface area contributed by atoms with E-state index in [1.54, 1.807) is 0 Å². The first kappa shape index (κ1) is 32.0. The van der Waals surface area contributed by atoms with Crippen molar-refractivity contribution in [3.05, 3.63) is 88.7 Å². The van der Waals surface area contributed by atoms with Gasteiger partial charge in [0, 0.05) is 37.1 Å². The fourth-order valence-corrected chi connectivity index (χ4v) is 9.07. The Morgan fingerprint density at radius 1 is 0.696 bits per heavy atom. The molecule has 2 aliphatic rings. The summed E-state index contributed by atoms with van der Waals surface area (Å²) in [6.45, 7) is 0.849. The van der Waals surface area contributed by atoms with E-state index in [4.69, 9.17) is 46.1 Å². The van der Waals surface area contributed by atoms with Crippen molar-refractivity contribution in [2.75, 3.05) is 26.2 Å². The second-order valence-electron chi connectivity index (χ2n) is 11.0. The van der Waals surface area contributed by atoms with Gasteiger partial charge >= 0.3 is 0 Å². The Hall–Kier alpha value is -3.92. The minimum Gasteiger partial charge on any atom is -0.369 e. The Balaban J connectivity index is 1.48. The summed E-state index contributed by atoms with van der Waals surface area (Å²) in [5.41, 5.74) is 26.4. The molecule has 4 heterocycles. The van der Waals surface area contributed by atoms with Crippen LogP contribution in [0, 0.1) is 0 Å². The number of hydrogen-bond acceptors (Lipinski definition) is 10. The van der Waals surface area contributed by atoms with Gasteiger partial charge in [-0.05, 0) is 11.1 Å². The van der Waals surface area contributed by atoms with Crippen LogP contribution < -0.4 is 22.9 Å². The summed E-state index contributed by atoms with van der Waals surface area (Å²) in [6, 6.07) is 10.0. The predicted octanol–water partition coefficient (Wildman–Crippen LogP) is 2.64. The van der Waals surface area contributed by atoms with E-state index in [2.05, 4.69) is 9.97 Å². The summed E-state index contributed by atoms with van der Waals surface area (Å²) in [4.78, 5) is 62.4. The number of aromatic nitrogens is 2. The molecule has 2 aliphatic heterocycles. The predicted molar refractivity (Wildman–Crippen MR) is 176 cm³/mol. The van der Waals surface area contributed by atoms with Crippen molar-refractivity contribution >= 4 is 69.5 Å². The third-order valence-corrected chi connectivity index (χ3v) is 11.2. The van der Waals surface area contributed by atoms with Crippen LogP contribution >= 0.6 is 45.9 Å². The normalized spacial score (nSPS) is 18.1. The van der Waals surface area contributed by atoms with Crippen molar-refractivity contribution < 1.29 is 19.2 Å². The summed E-state index contributed by atoms with van der Waals surface area (Å²) < 4.78 is 0. The standard InChI is InChI=1S/C30H28Cl2N8O4S2/c31-21-13(3-1-5-15(21)23-25-17(37-29(45-25)27(35)43)7-9-39(23)11-19(33)41)14-4-2-6-16(22(14)32)24-26-18(38-30(46-26)28(36)44)8-10-40(24)12-20(34)42/h1-6,23-24H,7-12H2,(H2,33,41)(H2,34,42)(H2,35,43)(H2,36,44). The lowest BCUT2D eigenvalue weighted by molar-refractivity contribution is -0.120. The van der Waals surface area contributed by atoms with Crippen LogP contribution in [0.5, 0.6) is 0 Å². The molecule has 0 aliphatic carbocycles. The fourth-order valence-electron chi connectivity index (χ4n) is 6.17. The van der Waals surface area contributed by atoms with E-state index < -0.39 is 35.7 Å². The van der Waals surface area contributed by atoms with E-state index in [9.17, 15) is 19.2 Å². The van der Waals surface area contributed by atoms with Crippen molar-refractivity contribution in [1.82, 2.24) is 19.8 Å². The zero-order chi connectivity index (χ0) is 32.9. The molecule has 2 unspecified atom stereocenters. The third kappa shape index (κ3) is 5.87. The summed E-state index contributed by atoms with van der Waals surface area (Å²) in [6.07, 6.45) is 1.02. The van der Waals surface area contributed by atoms with Gasteiger partial charge in [-0.15, -0.1) is 22.7 Å². The average Bonchev–Trinajstić information content (AvgIpc) is 3.63. The number of carbonyl (C=O) groups is 4. The van der Waals surface area contributed by atoms with Crippen LogP contribution in [0.2, 0.25) is 10.0 Å². The van der Waals surface area contributed by atoms with Gasteiger partial charge in [0.15, 0.2) is 10.0 Å². The smallest absolute Gasteiger partial charge is 0.277 e.